The number of aldehydes is 1. The zero-order chi connectivity index (χ0) is 13.1. The second-order valence-electron chi connectivity index (χ2n) is 3.48. The Labute approximate surface area is 107 Å². The third kappa shape index (κ3) is 2.28. The van der Waals surface area contributed by atoms with Crippen LogP contribution in [0, 0.1) is 5.82 Å². The van der Waals surface area contributed by atoms with Gasteiger partial charge in [0.15, 0.2) is 11.4 Å². The summed E-state index contributed by atoms with van der Waals surface area (Å²) < 4.78 is 13.7. The highest BCUT2D eigenvalue weighted by Crippen LogP contribution is 2.30. The number of amides is 1. The first-order chi connectivity index (χ1) is 8.63. The fourth-order valence-electron chi connectivity index (χ4n) is 1.47. The van der Waals surface area contributed by atoms with E-state index in [0.29, 0.717) is 6.29 Å². The Hall–Kier alpha value is -2.08. The van der Waals surface area contributed by atoms with Crippen molar-refractivity contribution in [1.82, 2.24) is 4.98 Å². The van der Waals surface area contributed by atoms with Crippen LogP contribution in [0.15, 0.2) is 29.6 Å². The van der Waals surface area contributed by atoms with Gasteiger partial charge in [0.2, 0.25) is 5.91 Å². The Balaban J connectivity index is 2.50. The number of carbonyl (C=O) groups is 2. The fourth-order valence-corrected chi connectivity index (χ4v) is 2.30. The number of benzene rings is 1. The molecule has 0 unspecified atom stereocenters. The van der Waals surface area contributed by atoms with Crippen LogP contribution >= 0.6 is 11.3 Å². The summed E-state index contributed by atoms with van der Waals surface area (Å²) in [5.41, 5.74) is 0.342. The highest BCUT2D eigenvalue weighted by molar-refractivity contribution is 7.14. The van der Waals surface area contributed by atoms with Crippen molar-refractivity contribution in [3.63, 3.8) is 0 Å². The minimum Gasteiger partial charge on any atom is -0.296 e. The smallest absolute Gasteiger partial charge is 0.230 e. The molecular weight excluding hydrogens is 255 g/mol. The molecule has 0 spiro atoms. The number of rotatable bonds is 3. The van der Waals surface area contributed by atoms with Crippen molar-refractivity contribution in [2.45, 2.75) is 6.92 Å². The summed E-state index contributed by atoms with van der Waals surface area (Å²) in [6.07, 6.45) is 0.583. The first-order valence-electron chi connectivity index (χ1n) is 5.09. The van der Waals surface area contributed by atoms with E-state index in [4.69, 9.17) is 0 Å². The number of aromatic nitrogens is 1. The topological polar surface area (TPSA) is 50.3 Å². The number of hydrogen-bond acceptors (Lipinski definition) is 4. The van der Waals surface area contributed by atoms with E-state index >= 15 is 0 Å². The van der Waals surface area contributed by atoms with Crippen LogP contribution in [0.5, 0.6) is 0 Å². The minimum absolute atomic E-state index is 0.122. The predicted molar refractivity (Wildman–Crippen MR) is 66.7 cm³/mol. The largest absolute Gasteiger partial charge is 0.296 e. The first kappa shape index (κ1) is 12.4. The molecule has 1 heterocycles. The summed E-state index contributed by atoms with van der Waals surface area (Å²) in [5, 5.41) is 1.79. The lowest BCUT2D eigenvalue weighted by atomic mass is 10.3. The van der Waals surface area contributed by atoms with Crippen molar-refractivity contribution in [3.8, 4) is 0 Å². The minimum atomic E-state index is -0.518. The fraction of sp³-hybridized carbons (Fsp3) is 0.0833. The maximum absolute atomic E-state index is 13.7. The van der Waals surface area contributed by atoms with Gasteiger partial charge in [0.1, 0.15) is 11.5 Å². The molecule has 0 radical (unpaired) electrons. The van der Waals surface area contributed by atoms with E-state index in [1.165, 1.54) is 30.5 Å². The number of nitrogens with zero attached hydrogens (tertiary/aromatic N) is 2. The second-order valence-corrected chi connectivity index (χ2v) is 4.32. The molecule has 0 saturated carbocycles. The van der Waals surface area contributed by atoms with Gasteiger partial charge in [-0.1, -0.05) is 12.1 Å². The third-order valence-electron chi connectivity index (χ3n) is 2.23. The predicted octanol–water partition coefficient (Wildman–Crippen LogP) is 2.78. The average Bonchev–Trinajstić information content (AvgIpc) is 2.80. The maximum Gasteiger partial charge on any atom is 0.230 e. The Morgan fingerprint density at radius 2 is 2.17 bits per heavy atom. The van der Waals surface area contributed by atoms with Crippen LogP contribution < -0.4 is 4.90 Å². The summed E-state index contributed by atoms with van der Waals surface area (Å²) in [5.74, 6) is -0.887. The highest BCUT2D eigenvalue weighted by atomic mass is 32.1. The van der Waals surface area contributed by atoms with Crippen molar-refractivity contribution in [2.24, 2.45) is 0 Å². The zero-order valence-corrected chi connectivity index (χ0v) is 10.3. The Bertz CT molecular complexity index is 597. The molecule has 0 fully saturated rings. The van der Waals surface area contributed by atoms with Crippen LogP contribution in [0.3, 0.4) is 0 Å². The van der Waals surface area contributed by atoms with Crippen LogP contribution in [0.1, 0.15) is 17.4 Å². The molecule has 2 aromatic rings. The molecule has 0 aliphatic heterocycles. The first-order valence-corrected chi connectivity index (χ1v) is 5.97. The van der Waals surface area contributed by atoms with Gasteiger partial charge in [-0.05, 0) is 12.1 Å². The highest BCUT2D eigenvalue weighted by Gasteiger charge is 2.20. The Morgan fingerprint density at radius 1 is 1.44 bits per heavy atom. The number of carbonyl (C=O) groups excluding carboxylic acids is 2. The van der Waals surface area contributed by atoms with Crippen molar-refractivity contribution in [3.05, 3.63) is 41.2 Å². The van der Waals surface area contributed by atoms with Crippen LogP contribution in [-0.4, -0.2) is 17.2 Å². The van der Waals surface area contributed by atoms with E-state index < -0.39 is 5.82 Å². The van der Waals surface area contributed by atoms with Gasteiger partial charge < -0.3 is 0 Å². The van der Waals surface area contributed by atoms with Crippen molar-refractivity contribution in [2.75, 3.05) is 4.90 Å². The van der Waals surface area contributed by atoms with Crippen LogP contribution in [0.2, 0.25) is 0 Å². The van der Waals surface area contributed by atoms with Crippen molar-refractivity contribution in [1.29, 1.82) is 0 Å². The van der Waals surface area contributed by atoms with E-state index in [1.54, 1.807) is 6.07 Å². The molecule has 0 saturated heterocycles. The SMILES string of the molecule is CC(=O)N(c1nc(C=O)cs1)c1ccccc1F. The van der Waals surface area contributed by atoms with E-state index in [9.17, 15) is 14.0 Å². The lowest BCUT2D eigenvalue weighted by Crippen LogP contribution is -2.23. The lowest BCUT2D eigenvalue weighted by molar-refractivity contribution is -0.115. The van der Waals surface area contributed by atoms with Gasteiger partial charge in [0.25, 0.3) is 0 Å². The number of anilines is 2. The molecule has 18 heavy (non-hydrogen) atoms. The quantitative estimate of drug-likeness (QED) is 0.801. The molecular formula is C12H9FN2O2S. The van der Waals surface area contributed by atoms with Crippen molar-refractivity contribution >= 4 is 34.3 Å². The van der Waals surface area contributed by atoms with Gasteiger partial charge in [0.05, 0.1) is 5.69 Å². The van der Waals surface area contributed by atoms with Crippen LogP contribution in [0.4, 0.5) is 15.2 Å². The molecule has 0 aliphatic carbocycles. The van der Waals surface area contributed by atoms with E-state index in [0.717, 1.165) is 16.2 Å². The Morgan fingerprint density at radius 3 is 2.72 bits per heavy atom. The van der Waals surface area contributed by atoms with Gasteiger partial charge in [-0.25, -0.2) is 9.37 Å². The summed E-state index contributed by atoms with van der Waals surface area (Å²) >= 11 is 1.11. The molecule has 0 aliphatic rings. The summed E-state index contributed by atoms with van der Waals surface area (Å²) in [4.78, 5) is 27.3. The van der Waals surface area contributed by atoms with Crippen molar-refractivity contribution < 1.29 is 14.0 Å². The molecule has 92 valence electrons. The average molecular weight is 264 g/mol. The second kappa shape index (κ2) is 5.05. The summed E-state index contributed by atoms with van der Waals surface area (Å²) in [6, 6.07) is 5.91. The number of hydrogen-bond donors (Lipinski definition) is 0. The third-order valence-corrected chi connectivity index (χ3v) is 3.07. The molecule has 2 rings (SSSR count). The van der Waals surface area contributed by atoms with Gasteiger partial charge in [-0.2, -0.15) is 0 Å². The number of thiazole rings is 1. The van der Waals surface area contributed by atoms with E-state index in [2.05, 4.69) is 4.98 Å². The molecule has 0 N–H and O–H groups in total. The molecule has 1 aromatic heterocycles. The Kier molecular flexibility index (Phi) is 3.47. The van der Waals surface area contributed by atoms with Gasteiger partial charge in [0, 0.05) is 12.3 Å². The maximum atomic E-state index is 13.7. The van der Waals surface area contributed by atoms with Gasteiger partial charge in [-0.15, -0.1) is 11.3 Å². The molecule has 4 nitrogen and oxygen atoms in total. The molecule has 1 aromatic carbocycles. The molecule has 0 bridgehead atoms. The standard InChI is InChI=1S/C12H9FN2O2S/c1-8(17)15(11-5-3-2-4-10(11)13)12-14-9(6-16)7-18-12/h2-7H,1H3. The summed E-state index contributed by atoms with van der Waals surface area (Å²) in [6.45, 7) is 1.31. The monoisotopic (exact) mass is 264 g/mol. The zero-order valence-electron chi connectivity index (χ0n) is 9.46. The normalized spacial score (nSPS) is 10.1. The molecule has 6 heteroatoms. The summed E-state index contributed by atoms with van der Waals surface area (Å²) in [7, 11) is 0. The van der Waals surface area contributed by atoms with Crippen LogP contribution in [-0.2, 0) is 4.79 Å². The number of para-hydroxylation sites is 1. The number of halogens is 1. The van der Waals surface area contributed by atoms with E-state index in [1.807, 2.05) is 0 Å². The van der Waals surface area contributed by atoms with Crippen LogP contribution in [0.25, 0.3) is 0 Å². The lowest BCUT2D eigenvalue weighted by Gasteiger charge is -2.18. The van der Waals surface area contributed by atoms with Gasteiger partial charge >= 0.3 is 0 Å². The molecule has 0 atom stereocenters. The molecule has 1 amide bonds. The van der Waals surface area contributed by atoms with Gasteiger partial charge in [-0.3, -0.25) is 14.5 Å². The van der Waals surface area contributed by atoms with E-state index in [-0.39, 0.29) is 22.4 Å².